The number of rotatable bonds is 6. The zero-order valence-corrected chi connectivity index (χ0v) is 12.0. The summed E-state index contributed by atoms with van der Waals surface area (Å²) in [5.74, 6) is -0.434. The van der Waals surface area contributed by atoms with Crippen LogP contribution in [0.5, 0.6) is 0 Å². The van der Waals surface area contributed by atoms with Crippen molar-refractivity contribution in [3.8, 4) is 0 Å². The van der Waals surface area contributed by atoms with Gasteiger partial charge in [0.15, 0.2) is 0 Å². The fourth-order valence-electron chi connectivity index (χ4n) is 2.89. The van der Waals surface area contributed by atoms with Gasteiger partial charge in [0.05, 0.1) is 6.54 Å². The molecule has 0 aliphatic heterocycles. The molecule has 0 radical (unpaired) electrons. The Morgan fingerprint density at radius 2 is 1.95 bits per heavy atom. The third kappa shape index (κ3) is 3.26. The Bertz CT molecular complexity index is 375. The fourth-order valence-corrected chi connectivity index (χ4v) is 2.89. The van der Waals surface area contributed by atoms with Gasteiger partial charge in [-0.25, -0.2) is 0 Å². The lowest BCUT2D eigenvalue weighted by atomic mass is 9.85. The van der Waals surface area contributed by atoms with Crippen molar-refractivity contribution in [2.24, 2.45) is 11.3 Å². The van der Waals surface area contributed by atoms with Gasteiger partial charge in [-0.15, -0.1) is 0 Å². The minimum Gasteiger partial charge on any atom is -0.480 e. The predicted molar refractivity (Wildman–Crippen MR) is 71.7 cm³/mol. The Balaban J connectivity index is 1.71. The van der Waals surface area contributed by atoms with Gasteiger partial charge in [0, 0.05) is 18.0 Å². The summed E-state index contributed by atoms with van der Waals surface area (Å²) in [6, 6.07) is 0.537. The molecule has 2 fully saturated rings. The van der Waals surface area contributed by atoms with Crippen LogP contribution in [0.1, 0.15) is 40.0 Å². The first-order valence-corrected chi connectivity index (χ1v) is 7.09. The molecule has 0 spiro atoms. The minimum absolute atomic E-state index is 0.0947. The number of carboxylic acids is 1. The van der Waals surface area contributed by atoms with E-state index in [4.69, 9.17) is 5.11 Å². The monoisotopic (exact) mass is 268 g/mol. The van der Waals surface area contributed by atoms with Crippen LogP contribution in [0.25, 0.3) is 0 Å². The number of carboxylic acid groups (broad SMARTS) is 1. The maximum atomic E-state index is 11.9. The molecule has 0 aromatic heterocycles. The number of hydrogen-bond acceptors (Lipinski definition) is 3. The van der Waals surface area contributed by atoms with Crippen LogP contribution < -0.4 is 5.32 Å². The molecule has 1 atom stereocenters. The zero-order chi connectivity index (χ0) is 14.2. The van der Waals surface area contributed by atoms with Gasteiger partial charge in [-0.3, -0.25) is 14.5 Å². The topological polar surface area (TPSA) is 69.6 Å². The Morgan fingerprint density at radius 1 is 1.37 bits per heavy atom. The van der Waals surface area contributed by atoms with Crippen molar-refractivity contribution < 1.29 is 14.7 Å². The molecule has 2 aliphatic carbocycles. The van der Waals surface area contributed by atoms with Crippen LogP contribution in [-0.4, -0.2) is 47.1 Å². The van der Waals surface area contributed by atoms with Gasteiger partial charge < -0.3 is 10.4 Å². The third-order valence-electron chi connectivity index (χ3n) is 4.55. The summed E-state index contributed by atoms with van der Waals surface area (Å²) in [4.78, 5) is 24.6. The van der Waals surface area contributed by atoms with E-state index >= 15 is 0 Å². The van der Waals surface area contributed by atoms with E-state index < -0.39 is 5.97 Å². The Kier molecular flexibility index (Phi) is 3.85. The number of carbonyl (C=O) groups excluding carboxylic acids is 1. The van der Waals surface area contributed by atoms with Gasteiger partial charge in [0.2, 0.25) is 5.91 Å². The van der Waals surface area contributed by atoms with E-state index in [1.54, 1.807) is 0 Å². The zero-order valence-electron chi connectivity index (χ0n) is 12.0. The number of nitrogens with zero attached hydrogens (tertiary/aromatic N) is 1. The molecular formula is C14H24N2O3. The highest BCUT2D eigenvalue weighted by molar-refractivity contribution is 5.82. The molecule has 0 saturated heterocycles. The fraction of sp³-hybridized carbons (Fsp3) is 0.857. The van der Waals surface area contributed by atoms with Crippen LogP contribution in [0, 0.1) is 11.3 Å². The van der Waals surface area contributed by atoms with Crippen molar-refractivity contribution in [3.63, 3.8) is 0 Å². The molecule has 2 saturated carbocycles. The second kappa shape index (κ2) is 5.12. The summed E-state index contributed by atoms with van der Waals surface area (Å²) in [6.45, 7) is 7.05. The molecule has 0 unspecified atom stereocenters. The standard InChI is InChI=1S/C14H24N2O3/c1-4-16(8-12(17)18)10-5-9(6-10)15-13(19)11-7-14(11,2)3/h9-11H,4-8H2,1-3H3,(H,15,19)(H,17,18)/t9?,10?,11-/m1/s1. The van der Waals surface area contributed by atoms with Gasteiger partial charge in [-0.05, 0) is 31.2 Å². The van der Waals surface area contributed by atoms with Crippen molar-refractivity contribution in [1.82, 2.24) is 10.2 Å². The van der Waals surface area contributed by atoms with Crippen molar-refractivity contribution >= 4 is 11.9 Å². The smallest absolute Gasteiger partial charge is 0.317 e. The number of likely N-dealkylation sites (N-methyl/N-ethyl adjacent to an activating group) is 1. The minimum atomic E-state index is -0.783. The summed E-state index contributed by atoms with van der Waals surface area (Å²) in [6.07, 6.45) is 2.73. The van der Waals surface area contributed by atoms with E-state index in [0.29, 0.717) is 6.04 Å². The first-order chi connectivity index (χ1) is 8.83. The number of hydrogen-bond donors (Lipinski definition) is 2. The van der Waals surface area contributed by atoms with Crippen LogP contribution >= 0.6 is 0 Å². The number of aliphatic carboxylic acids is 1. The second-order valence-corrected chi connectivity index (χ2v) is 6.53. The van der Waals surface area contributed by atoms with Gasteiger partial charge >= 0.3 is 5.97 Å². The van der Waals surface area contributed by atoms with Gasteiger partial charge in [0.25, 0.3) is 0 Å². The highest BCUT2D eigenvalue weighted by Crippen LogP contribution is 2.51. The van der Waals surface area contributed by atoms with E-state index in [1.807, 2.05) is 11.8 Å². The second-order valence-electron chi connectivity index (χ2n) is 6.53. The lowest BCUT2D eigenvalue weighted by Crippen LogP contribution is -2.55. The molecule has 5 nitrogen and oxygen atoms in total. The third-order valence-corrected chi connectivity index (χ3v) is 4.55. The molecule has 2 rings (SSSR count). The van der Waals surface area contributed by atoms with Gasteiger partial charge in [-0.1, -0.05) is 20.8 Å². The first-order valence-electron chi connectivity index (χ1n) is 7.09. The molecule has 0 aromatic rings. The number of nitrogens with one attached hydrogen (secondary N) is 1. The van der Waals surface area contributed by atoms with Crippen LogP contribution in [0.4, 0.5) is 0 Å². The van der Waals surface area contributed by atoms with Gasteiger partial charge in [0.1, 0.15) is 0 Å². The molecule has 0 bridgehead atoms. The maximum Gasteiger partial charge on any atom is 0.317 e. The predicted octanol–water partition coefficient (Wildman–Crippen LogP) is 1.09. The molecular weight excluding hydrogens is 244 g/mol. The van der Waals surface area contributed by atoms with E-state index in [-0.39, 0.29) is 29.8 Å². The van der Waals surface area contributed by atoms with E-state index in [1.165, 1.54) is 0 Å². The van der Waals surface area contributed by atoms with Crippen LogP contribution in [0.15, 0.2) is 0 Å². The van der Waals surface area contributed by atoms with Crippen molar-refractivity contribution in [2.75, 3.05) is 13.1 Å². The average Bonchev–Trinajstić information content (AvgIpc) is 2.89. The van der Waals surface area contributed by atoms with Crippen molar-refractivity contribution in [3.05, 3.63) is 0 Å². The Labute approximate surface area is 114 Å². The Hall–Kier alpha value is -1.10. The van der Waals surface area contributed by atoms with Crippen LogP contribution in [0.3, 0.4) is 0 Å². The Morgan fingerprint density at radius 3 is 2.37 bits per heavy atom. The number of amides is 1. The molecule has 19 heavy (non-hydrogen) atoms. The normalized spacial score (nSPS) is 31.7. The molecule has 0 aromatic carbocycles. The highest BCUT2D eigenvalue weighted by Gasteiger charge is 2.51. The summed E-state index contributed by atoms with van der Waals surface area (Å²) < 4.78 is 0. The SMILES string of the molecule is CCN(CC(=O)O)C1CC(NC(=O)[C@H]2CC2(C)C)C1. The van der Waals surface area contributed by atoms with Crippen LogP contribution in [0.2, 0.25) is 0 Å². The first kappa shape index (κ1) is 14.3. The summed E-state index contributed by atoms with van der Waals surface area (Å²) in [5, 5.41) is 11.9. The quantitative estimate of drug-likeness (QED) is 0.756. The molecule has 1 amide bonds. The largest absolute Gasteiger partial charge is 0.480 e. The van der Waals surface area contributed by atoms with Crippen molar-refractivity contribution in [1.29, 1.82) is 0 Å². The summed E-state index contributed by atoms with van der Waals surface area (Å²) in [7, 11) is 0. The highest BCUT2D eigenvalue weighted by atomic mass is 16.4. The molecule has 0 heterocycles. The molecule has 108 valence electrons. The molecule has 5 heteroatoms. The number of carbonyl (C=O) groups is 2. The van der Waals surface area contributed by atoms with E-state index in [2.05, 4.69) is 19.2 Å². The summed E-state index contributed by atoms with van der Waals surface area (Å²) in [5.41, 5.74) is 0.173. The lowest BCUT2D eigenvalue weighted by Gasteiger charge is -2.42. The summed E-state index contributed by atoms with van der Waals surface area (Å²) >= 11 is 0. The lowest BCUT2D eigenvalue weighted by molar-refractivity contribution is -0.140. The molecule has 2 aliphatic rings. The average molecular weight is 268 g/mol. The van der Waals surface area contributed by atoms with E-state index in [9.17, 15) is 9.59 Å². The van der Waals surface area contributed by atoms with Crippen LogP contribution in [-0.2, 0) is 9.59 Å². The van der Waals surface area contributed by atoms with Crippen molar-refractivity contribution in [2.45, 2.75) is 52.1 Å². The van der Waals surface area contributed by atoms with E-state index in [0.717, 1.165) is 25.8 Å². The maximum absolute atomic E-state index is 11.9. The molecule has 2 N–H and O–H groups in total. The van der Waals surface area contributed by atoms with Gasteiger partial charge in [-0.2, -0.15) is 0 Å².